The highest BCUT2D eigenvalue weighted by Gasteiger charge is 2.76. The van der Waals surface area contributed by atoms with Gasteiger partial charge in [-0.05, 0) is 37.0 Å². The number of para-hydroxylation sites is 1. The van der Waals surface area contributed by atoms with Crippen LogP contribution in [0.2, 0.25) is 0 Å². The number of aromatic hydroxyl groups is 1. The number of allylic oxidation sites excluding steroid dienone is 2. The maximum absolute atomic E-state index is 13.9. The number of hydrogen-bond acceptors (Lipinski definition) is 7. The molecule has 12 heteroatoms. The second-order valence-corrected chi connectivity index (χ2v) is 11.6. The maximum Gasteiger partial charge on any atom is 0.269 e. The molecule has 2 aromatic rings. The van der Waals surface area contributed by atoms with Gasteiger partial charge in [-0.15, -0.1) is 23.2 Å². The zero-order chi connectivity index (χ0) is 28.0. The lowest BCUT2D eigenvalue weighted by atomic mass is 9.56. The van der Waals surface area contributed by atoms with Gasteiger partial charge in [0, 0.05) is 30.7 Å². The molecule has 1 saturated carbocycles. The number of likely N-dealkylation sites (tertiary alicyclic amines) is 1. The van der Waals surface area contributed by atoms with Gasteiger partial charge in [-0.1, -0.05) is 29.8 Å². The molecule has 0 bridgehead atoms. The Morgan fingerprint density at radius 3 is 2.28 bits per heavy atom. The van der Waals surface area contributed by atoms with Crippen LogP contribution in [0.15, 0.2) is 60.2 Å². The minimum atomic E-state index is -1.97. The fraction of sp³-hybridized carbons (Fsp3) is 0.333. The monoisotopic (exact) mass is 569 g/mol. The van der Waals surface area contributed by atoms with Crippen molar-refractivity contribution in [2.75, 3.05) is 11.9 Å². The Morgan fingerprint density at radius 1 is 0.974 bits per heavy atom. The molecule has 6 atom stereocenters. The molecule has 2 aliphatic carbocycles. The minimum absolute atomic E-state index is 0.152. The molecule has 39 heavy (non-hydrogen) atoms. The third kappa shape index (κ3) is 3.15. The Labute approximate surface area is 231 Å². The van der Waals surface area contributed by atoms with Gasteiger partial charge in [0.2, 0.25) is 11.8 Å². The summed E-state index contributed by atoms with van der Waals surface area (Å²) < 4.78 is 0. The van der Waals surface area contributed by atoms with Gasteiger partial charge >= 0.3 is 0 Å². The lowest BCUT2D eigenvalue weighted by molar-refractivity contribution is -0.384. The van der Waals surface area contributed by atoms with E-state index in [1.807, 2.05) is 0 Å². The van der Waals surface area contributed by atoms with Gasteiger partial charge in [-0.3, -0.25) is 39.1 Å². The lowest BCUT2D eigenvalue weighted by Crippen LogP contribution is -2.60. The molecule has 1 N–H and O–H groups in total. The molecule has 4 aliphatic rings. The van der Waals surface area contributed by atoms with Gasteiger partial charge in [0.15, 0.2) is 9.75 Å². The Bertz CT molecular complexity index is 1530. The third-order valence-electron chi connectivity index (χ3n) is 8.58. The van der Waals surface area contributed by atoms with Crippen molar-refractivity contribution < 1.29 is 29.2 Å². The van der Waals surface area contributed by atoms with Crippen molar-refractivity contribution in [3.05, 3.63) is 75.9 Å². The average molecular weight is 570 g/mol. The molecule has 0 radical (unpaired) electrons. The van der Waals surface area contributed by atoms with Crippen LogP contribution < -0.4 is 4.90 Å². The summed E-state index contributed by atoms with van der Waals surface area (Å²) in [7, 11) is 1.29. The fourth-order valence-corrected chi connectivity index (χ4v) is 7.81. The second kappa shape index (κ2) is 8.37. The summed E-state index contributed by atoms with van der Waals surface area (Å²) in [5, 5.41) is 21.9. The van der Waals surface area contributed by atoms with Crippen LogP contribution in [0.4, 0.5) is 11.4 Å². The van der Waals surface area contributed by atoms with E-state index >= 15 is 0 Å². The molecule has 2 aromatic carbocycles. The molecule has 6 rings (SSSR count). The van der Waals surface area contributed by atoms with Crippen LogP contribution in [-0.4, -0.2) is 55.4 Å². The highest BCUT2D eigenvalue weighted by molar-refractivity contribution is 6.53. The highest BCUT2D eigenvalue weighted by atomic mass is 35.5. The minimum Gasteiger partial charge on any atom is -0.508 e. The number of rotatable bonds is 3. The fourth-order valence-electron chi connectivity index (χ4n) is 6.80. The van der Waals surface area contributed by atoms with Crippen molar-refractivity contribution >= 4 is 58.2 Å². The zero-order valence-corrected chi connectivity index (χ0v) is 21.9. The van der Waals surface area contributed by atoms with Gasteiger partial charge < -0.3 is 5.11 Å². The van der Waals surface area contributed by atoms with Gasteiger partial charge in [0.25, 0.3) is 17.5 Å². The molecule has 4 amide bonds. The summed E-state index contributed by atoms with van der Waals surface area (Å²) >= 11 is 14.1. The van der Waals surface area contributed by atoms with Crippen LogP contribution in [0.3, 0.4) is 0 Å². The predicted molar refractivity (Wildman–Crippen MR) is 139 cm³/mol. The van der Waals surface area contributed by atoms with Crippen LogP contribution in [0.5, 0.6) is 5.75 Å². The van der Waals surface area contributed by atoms with E-state index in [2.05, 4.69) is 0 Å². The molecular weight excluding hydrogens is 549 g/mol. The number of nitro groups is 1. The number of halogens is 2. The van der Waals surface area contributed by atoms with E-state index in [0.717, 1.165) is 9.80 Å². The van der Waals surface area contributed by atoms with E-state index in [1.165, 1.54) is 37.4 Å². The molecule has 2 heterocycles. The van der Waals surface area contributed by atoms with Crippen LogP contribution in [0, 0.1) is 27.9 Å². The molecule has 0 aromatic heterocycles. The lowest BCUT2D eigenvalue weighted by Gasteiger charge is -2.50. The summed E-state index contributed by atoms with van der Waals surface area (Å²) in [6.07, 6.45) is 1.76. The number of hydrogen-bond donors (Lipinski definition) is 1. The zero-order valence-electron chi connectivity index (χ0n) is 20.4. The van der Waals surface area contributed by atoms with Crippen LogP contribution in [0.25, 0.3) is 0 Å². The van der Waals surface area contributed by atoms with Gasteiger partial charge in [-0.25, -0.2) is 0 Å². The number of carbonyl (C=O) groups is 4. The first-order valence-corrected chi connectivity index (χ1v) is 13.0. The second-order valence-electron chi connectivity index (χ2n) is 10.3. The van der Waals surface area contributed by atoms with Gasteiger partial charge in [0.05, 0.1) is 22.4 Å². The quantitative estimate of drug-likeness (QED) is 0.196. The molecule has 3 fully saturated rings. The Hall–Kier alpha value is -3.76. The number of phenolic OH excluding ortho intramolecular Hbond substituents is 1. The van der Waals surface area contributed by atoms with E-state index in [4.69, 9.17) is 23.2 Å². The van der Waals surface area contributed by atoms with Crippen molar-refractivity contribution in [3.8, 4) is 5.75 Å². The Morgan fingerprint density at radius 2 is 1.64 bits per heavy atom. The number of benzene rings is 2. The smallest absolute Gasteiger partial charge is 0.269 e. The molecule has 0 spiro atoms. The van der Waals surface area contributed by atoms with Crippen LogP contribution >= 0.6 is 23.2 Å². The Balaban J connectivity index is 1.49. The van der Waals surface area contributed by atoms with Crippen molar-refractivity contribution in [2.24, 2.45) is 17.8 Å². The van der Waals surface area contributed by atoms with E-state index in [1.54, 1.807) is 24.3 Å². The molecule has 6 unspecified atom stereocenters. The number of carbonyl (C=O) groups excluding carboxylic acids is 4. The SMILES string of the molecule is CN1C(=O)C2(Cl)CC3C(=CCC4C(=O)N(c5ccc([N+](=O)[O-])cc5)C(=O)C43)C(c3ccccc3O)C2(Cl)C1=O. The van der Waals surface area contributed by atoms with Gasteiger partial charge in [-0.2, -0.15) is 0 Å². The predicted octanol–water partition coefficient (Wildman–Crippen LogP) is 3.49. The van der Waals surface area contributed by atoms with Crippen molar-refractivity contribution in [1.82, 2.24) is 4.90 Å². The largest absolute Gasteiger partial charge is 0.508 e. The van der Waals surface area contributed by atoms with Crippen LogP contribution in [0.1, 0.15) is 24.3 Å². The molecule has 200 valence electrons. The summed E-state index contributed by atoms with van der Waals surface area (Å²) in [5.74, 6) is -6.03. The van der Waals surface area contributed by atoms with E-state index in [-0.39, 0.29) is 35.5 Å². The number of alkyl halides is 2. The number of fused-ring (bicyclic) bond motifs is 4. The summed E-state index contributed by atoms with van der Waals surface area (Å²) in [6, 6.07) is 11.4. The molecular formula is C27H21Cl2N3O7. The number of imide groups is 2. The van der Waals surface area contributed by atoms with E-state index in [0.29, 0.717) is 5.57 Å². The first-order chi connectivity index (χ1) is 18.4. The topological polar surface area (TPSA) is 138 Å². The van der Waals surface area contributed by atoms with Crippen LogP contribution in [-0.2, 0) is 19.2 Å². The maximum atomic E-state index is 13.9. The van der Waals surface area contributed by atoms with E-state index in [9.17, 15) is 34.4 Å². The molecule has 10 nitrogen and oxygen atoms in total. The van der Waals surface area contributed by atoms with Crippen molar-refractivity contribution in [1.29, 1.82) is 0 Å². The van der Waals surface area contributed by atoms with Gasteiger partial charge in [0.1, 0.15) is 5.75 Å². The number of non-ortho nitro benzene ring substituents is 1. The number of phenols is 1. The number of amides is 4. The molecule has 2 aliphatic heterocycles. The third-order valence-corrected chi connectivity index (χ3v) is 9.99. The normalized spacial score (nSPS) is 33.6. The van der Waals surface area contributed by atoms with Crippen molar-refractivity contribution in [2.45, 2.75) is 28.5 Å². The Kier molecular flexibility index (Phi) is 5.47. The standard InChI is InChI=1S/C27H21Cl2N3O7/c1-30-24(36)26(28)12-18-15(21(27(26,29)25(30)37)16-4-2-3-5-19(16)33)10-11-17-20(18)23(35)31(22(17)34)13-6-8-14(9-7-13)32(38)39/h2-10,17-18,20-21,33H,11-12H2,1H3. The average Bonchev–Trinajstić information content (AvgIpc) is 3.24. The summed E-state index contributed by atoms with van der Waals surface area (Å²) in [5.41, 5.74) is 0.853. The van der Waals surface area contributed by atoms with E-state index < -0.39 is 62.0 Å². The first-order valence-electron chi connectivity index (χ1n) is 12.2. The number of anilines is 1. The molecule has 2 saturated heterocycles. The van der Waals surface area contributed by atoms with Crippen molar-refractivity contribution in [3.63, 3.8) is 0 Å². The highest BCUT2D eigenvalue weighted by Crippen LogP contribution is 2.66. The number of nitrogens with zero attached hydrogens (tertiary/aromatic N) is 3. The summed E-state index contributed by atoms with van der Waals surface area (Å²) in [6.45, 7) is 0. The number of nitro benzene ring substituents is 1. The summed E-state index contributed by atoms with van der Waals surface area (Å²) in [4.78, 5) is 62.8. The first kappa shape index (κ1) is 25.5.